The molecule has 2 amide bonds. The van der Waals surface area contributed by atoms with E-state index in [0.29, 0.717) is 5.56 Å². The van der Waals surface area contributed by atoms with Gasteiger partial charge in [-0.2, -0.15) is 0 Å². The summed E-state index contributed by atoms with van der Waals surface area (Å²) >= 11 is 0. The maximum Gasteiger partial charge on any atom is 0.317 e. The first-order valence-corrected chi connectivity index (χ1v) is 6.97. The van der Waals surface area contributed by atoms with E-state index in [2.05, 4.69) is 5.32 Å². The number of hydrogen-bond donors (Lipinski definition) is 2. The molecule has 8 nitrogen and oxygen atoms in total. The second-order valence-electron chi connectivity index (χ2n) is 5.16. The van der Waals surface area contributed by atoms with Crippen LogP contribution in [0.25, 0.3) is 0 Å². The third-order valence-electron chi connectivity index (χ3n) is 3.34. The van der Waals surface area contributed by atoms with Crippen LogP contribution in [0.15, 0.2) is 24.3 Å². The van der Waals surface area contributed by atoms with Gasteiger partial charge in [0.25, 0.3) is 5.69 Å². The van der Waals surface area contributed by atoms with Crippen molar-refractivity contribution in [2.45, 2.75) is 31.8 Å². The second-order valence-corrected chi connectivity index (χ2v) is 5.16. The first kappa shape index (κ1) is 15.7. The van der Waals surface area contributed by atoms with Crippen LogP contribution in [-0.4, -0.2) is 39.5 Å². The molecule has 0 radical (unpaired) electrons. The standard InChI is InChI=1S/C14H17N3O5/c18-13(19)6-7-15-14(20)16(11-4-5-11)9-10-2-1-3-12(8-10)17(21)22/h1-3,8,11H,4-7,9H2,(H,15,20)(H,18,19). The molecule has 2 rings (SSSR count). The maximum atomic E-state index is 12.1. The molecule has 118 valence electrons. The molecule has 1 aliphatic rings. The number of hydrogen-bond acceptors (Lipinski definition) is 4. The molecule has 0 aromatic heterocycles. The number of carbonyl (C=O) groups is 2. The van der Waals surface area contributed by atoms with Crippen molar-refractivity contribution in [2.75, 3.05) is 6.54 Å². The maximum absolute atomic E-state index is 12.1. The third kappa shape index (κ3) is 4.44. The van der Waals surface area contributed by atoms with Crippen molar-refractivity contribution in [1.29, 1.82) is 0 Å². The van der Waals surface area contributed by atoms with Gasteiger partial charge in [-0.25, -0.2) is 4.79 Å². The smallest absolute Gasteiger partial charge is 0.317 e. The molecule has 0 saturated heterocycles. The summed E-state index contributed by atoms with van der Waals surface area (Å²) in [4.78, 5) is 34.5. The molecular weight excluding hydrogens is 290 g/mol. The van der Waals surface area contributed by atoms with E-state index in [4.69, 9.17) is 5.11 Å². The number of carboxylic acid groups (broad SMARTS) is 1. The monoisotopic (exact) mass is 307 g/mol. The Morgan fingerprint density at radius 2 is 2.14 bits per heavy atom. The minimum atomic E-state index is -0.975. The predicted octanol–water partition coefficient (Wildman–Crippen LogP) is 1.74. The lowest BCUT2D eigenvalue weighted by molar-refractivity contribution is -0.384. The zero-order valence-electron chi connectivity index (χ0n) is 11.9. The van der Waals surface area contributed by atoms with Crippen molar-refractivity contribution in [3.05, 3.63) is 39.9 Å². The van der Waals surface area contributed by atoms with Crippen molar-refractivity contribution in [3.8, 4) is 0 Å². The fraction of sp³-hybridized carbons (Fsp3) is 0.429. The number of nitro benzene ring substituents is 1. The van der Waals surface area contributed by atoms with E-state index in [1.165, 1.54) is 12.1 Å². The van der Waals surface area contributed by atoms with Crippen LogP contribution < -0.4 is 5.32 Å². The molecule has 1 saturated carbocycles. The highest BCUT2D eigenvalue weighted by molar-refractivity contribution is 5.76. The van der Waals surface area contributed by atoms with Gasteiger partial charge in [0, 0.05) is 31.3 Å². The molecule has 1 aromatic carbocycles. The van der Waals surface area contributed by atoms with Gasteiger partial charge in [0.05, 0.1) is 11.3 Å². The van der Waals surface area contributed by atoms with E-state index in [9.17, 15) is 19.7 Å². The number of benzene rings is 1. The molecule has 8 heteroatoms. The normalized spacial score (nSPS) is 13.5. The highest BCUT2D eigenvalue weighted by Crippen LogP contribution is 2.28. The third-order valence-corrected chi connectivity index (χ3v) is 3.34. The molecule has 0 unspecified atom stereocenters. The Morgan fingerprint density at radius 1 is 1.41 bits per heavy atom. The van der Waals surface area contributed by atoms with Crippen molar-refractivity contribution < 1.29 is 19.6 Å². The van der Waals surface area contributed by atoms with Crippen molar-refractivity contribution in [1.82, 2.24) is 10.2 Å². The Kier molecular flexibility index (Phi) is 4.92. The lowest BCUT2D eigenvalue weighted by Gasteiger charge is -2.22. The largest absolute Gasteiger partial charge is 0.481 e. The minimum absolute atomic E-state index is 0.0143. The van der Waals surface area contributed by atoms with Gasteiger partial charge in [-0.15, -0.1) is 0 Å². The number of nitrogens with zero attached hydrogens (tertiary/aromatic N) is 2. The summed E-state index contributed by atoms with van der Waals surface area (Å²) in [6.45, 7) is 0.331. The summed E-state index contributed by atoms with van der Waals surface area (Å²) in [5, 5.41) is 21.9. The predicted molar refractivity (Wildman–Crippen MR) is 77.3 cm³/mol. The molecule has 22 heavy (non-hydrogen) atoms. The number of carboxylic acids is 1. The number of aliphatic carboxylic acids is 1. The molecule has 0 heterocycles. The fourth-order valence-electron chi connectivity index (χ4n) is 2.10. The summed E-state index contributed by atoms with van der Waals surface area (Å²) in [5.74, 6) is -0.975. The molecule has 1 aromatic rings. The van der Waals surface area contributed by atoms with E-state index in [0.717, 1.165) is 12.8 Å². The van der Waals surface area contributed by atoms with E-state index in [1.54, 1.807) is 17.0 Å². The number of rotatable bonds is 7. The van der Waals surface area contributed by atoms with E-state index in [1.807, 2.05) is 0 Å². The molecule has 0 bridgehead atoms. The highest BCUT2D eigenvalue weighted by Gasteiger charge is 2.32. The average Bonchev–Trinajstić information content (AvgIpc) is 3.29. The molecule has 0 spiro atoms. The summed E-state index contributed by atoms with van der Waals surface area (Å²) in [7, 11) is 0. The quantitative estimate of drug-likeness (QED) is 0.588. The number of urea groups is 1. The van der Waals surface area contributed by atoms with Crippen LogP contribution in [0.2, 0.25) is 0 Å². The van der Waals surface area contributed by atoms with Crippen LogP contribution in [0.3, 0.4) is 0 Å². The Bertz CT molecular complexity index is 586. The fourth-order valence-corrected chi connectivity index (χ4v) is 2.10. The first-order chi connectivity index (χ1) is 10.5. The van der Waals surface area contributed by atoms with Gasteiger partial charge in [-0.05, 0) is 18.4 Å². The Balaban J connectivity index is 1.99. The van der Waals surface area contributed by atoms with Crippen molar-refractivity contribution in [3.63, 3.8) is 0 Å². The summed E-state index contributed by atoms with van der Waals surface area (Å²) in [6, 6.07) is 5.94. The average molecular weight is 307 g/mol. The Labute approximate surface area is 126 Å². The molecule has 1 fully saturated rings. The Morgan fingerprint density at radius 3 is 2.73 bits per heavy atom. The van der Waals surface area contributed by atoms with Gasteiger partial charge in [0.1, 0.15) is 0 Å². The van der Waals surface area contributed by atoms with Gasteiger partial charge in [-0.1, -0.05) is 12.1 Å². The van der Waals surface area contributed by atoms with Crippen LogP contribution in [0.4, 0.5) is 10.5 Å². The second kappa shape index (κ2) is 6.88. The van der Waals surface area contributed by atoms with Gasteiger partial charge >= 0.3 is 12.0 Å². The zero-order valence-corrected chi connectivity index (χ0v) is 11.9. The van der Waals surface area contributed by atoms with Crippen molar-refractivity contribution in [2.24, 2.45) is 0 Å². The summed E-state index contributed by atoms with van der Waals surface area (Å²) in [5.41, 5.74) is 0.661. The topological polar surface area (TPSA) is 113 Å². The van der Waals surface area contributed by atoms with Gasteiger partial charge < -0.3 is 15.3 Å². The summed E-state index contributed by atoms with van der Waals surface area (Å²) < 4.78 is 0. The number of carbonyl (C=O) groups excluding carboxylic acids is 1. The molecule has 1 aliphatic carbocycles. The van der Waals surface area contributed by atoms with E-state index in [-0.39, 0.29) is 37.3 Å². The molecule has 0 aliphatic heterocycles. The number of non-ortho nitro benzene ring substituents is 1. The molecule has 0 atom stereocenters. The number of nitrogens with one attached hydrogen (secondary N) is 1. The van der Waals surface area contributed by atoms with Gasteiger partial charge in [0.2, 0.25) is 0 Å². The van der Waals surface area contributed by atoms with Crippen LogP contribution in [0.5, 0.6) is 0 Å². The number of nitro groups is 1. The molecule has 2 N–H and O–H groups in total. The SMILES string of the molecule is O=C(O)CCNC(=O)N(Cc1cccc([N+](=O)[O-])c1)C1CC1. The van der Waals surface area contributed by atoms with Gasteiger partial charge in [-0.3, -0.25) is 14.9 Å². The van der Waals surface area contributed by atoms with Crippen LogP contribution in [-0.2, 0) is 11.3 Å². The van der Waals surface area contributed by atoms with Crippen molar-refractivity contribution >= 4 is 17.7 Å². The zero-order chi connectivity index (χ0) is 16.1. The van der Waals surface area contributed by atoms with Crippen LogP contribution >= 0.6 is 0 Å². The lowest BCUT2D eigenvalue weighted by atomic mass is 10.2. The first-order valence-electron chi connectivity index (χ1n) is 6.97. The minimum Gasteiger partial charge on any atom is -0.481 e. The number of amides is 2. The lowest BCUT2D eigenvalue weighted by Crippen LogP contribution is -2.41. The van der Waals surface area contributed by atoms with E-state index >= 15 is 0 Å². The highest BCUT2D eigenvalue weighted by atomic mass is 16.6. The van der Waals surface area contributed by atoms with Crippen LogP contribution in [0.1, 0.15) is 24.8 Å². The summed E-state index contributed by atoms with van der Waals surface area (Å²) in [6.07, 6.45) is 1.64. The molecular formula is C14H17N3O5. The van der Waals surface area contributed by atoms with Crippen LogP contribution in [0, 0.1) is 10.1 Å². The van der Waals surface area contributed by atoms with Gasteiger partial charge in [0.15, 0.2) is 0 Å². The van der Waals surface area contributed by atoms with E-state index < -0.39 is 10.9 Å². The Hall–Kier alpha value is -2.64.